The number of benzene rings is 1. The van der Waals surface area contributed by atoms with Gasteiger partial charge in [-0.25, -0.2) is 0 Å². The maximum absolute atomic E-state index is 12.2. The SMILES string of the molecule is C[C@@H](NC(=O)Cc1ccc2c(c1)OCCO2)c1ccccn1. The first-order chi connectivity index (χ1) is 10.7. The summed E-state index contributed by atoms with van der Waals surface area (Å²) in [5.74, 6) is 1.39. The fraction of sp³-hybridized carbons (Fsp3) is 0.294. The summed E-state index contributed by atoms with van der Waals surface area (Å²) >= 11 is 0. The number of amides is 1. The third-order valence-electron chi connectivity index (χ3n) is 3.48. The molecule has 22 heavy (non-hydrogen) atoms. The third kappa shape index (κ3) is 3.36. The highest BCUT2D eigenvalue weighted by atomic mass is 16.6. The molecule has 0 saturated heterocycles. The molecule has 1 aliphatic heterocycles. The number of nitrogens with zero attached hydrogens (tertiary/aromatic N) is 1. The maximum Gasteiger partial charge on any atom is 0.224 e. The van der Waals surface area contributed by atoms with Gasteiger partial charge in [-0.2, -0.15) is 0 Å². The molecule has 1 aromatic heterocycles. The molecule has 1 atom stereocenters. The number of aromatic nitrogens is 1. The van der Waals surface area contributed by atoms with E-state index in [1.54, 1.807) is 6.20 Å². The van der Waals surface area contributed by atoms with E-state index in [-0.39, 0.29) is 11.9 Å². The van der Waals surface area contributed by atoms with Crippen LogP contribution in [-0.4, -0.2) is 24.1 Å². The van der Waals surface area contributed by atoms with Crippen LogP contribution in [0.1, 0.15) is 24.2 Å². The molecular formula is C17H18N2O3. The molecule has 3 rings (SSSR count). The van der Waals surface area contributed by atoms with Gasteiger partial charge in [-0.15, -0.1) is 0 Å². The van der Waals surface area contributed by atoms with Gasteiger partial charge in [0.1, 0.15) is 13.2 Å². The normalized spacial score (nSPS) is 14.2. The van der Waals surface area contributed by atoms with Crippen molar-refractivity contribution >= 4 is 5.91 Å². The predicted octanol–water partition coefficient (Wildman–Crippen LogP) is 2.27. The Balaban J connectivity index is 1.62. The van der Waals surface area contributed by atoms with Gasteiger partial charge < -0.3 is 14.8 Å². The highest BCUT2D eigenvalue weighted by Gasteiger charge is 2.14. The molecular weight excluding hydrogens is 280 g/mol. The van der Waals surface area contributed by atoms with Crippen LogP contribution in [-0.2, 0) is 11.2 Å². The quantitative estimate of drug-likeness (QED) is 0.940. The number of hydrogen-bond donors (Lipinski definition) is 1. The summed E-state index contributed by atoms with van der Waals surface area (Å²) in [6, 6.07) is 11.1. The van der Waals surface area contributed by atoms with Gasteiger partial charge in [0, 0.05) is 6.20 Å². The molecule has 0 radical (unpaired) electrons. The lowest BCUT2D eigenvalue weighted by Gasteiger charge is -2.19. The van der Waals surface area contributed by atoms with Gasteiger partial charge in [-0.3, -0.25) is 9.78 Å². The Morgan fingerprint density at radius 3 is 2.82 bits per heavy atom. The summed E-state index contributed by atoms with van der Waals surface area (Å²) < 4.78 is 11.0. The Bertz CT molecular complexity index is 658. The number of pyridine rings is 1. The minimum absolute atomic E-state index is 0.0465. The lowest BCUT2D eigenvalue weighted by atomic mass is 10.1. The van der Waals surface area contributed by atoms with Crippen LogP contribution in [0.3, 0.4) is 0 Å². The molecule has 0 unspecified atom stereocenters. The Labute approximate surface area is 129 Å². The van der Waals surface area contributed by atoms with E-state index in [4.69, 9.17) is 9.47 Å². The Kier molecular flexibility index (Phi) is 4.23. The Morgan fingerprint density at radius 1 is 1.23 bits per heavy atom. The molecule has 0 fully saturated rings. The van der Waals surface area contributed by atoms with Crippen LogP contribution in [0.25, 0.3) is 0 Å². The lowest BCUT2D eigenvalue weighted by molar-refractivity contribution is -0.121. The molecule has 1 amide bonds. The summed E-state index contributed by atoms with van der Waals surface area (Å²) in [5.41, 5.74) is 1.74. The van der Waals surface area contributed by atoms with Gasteiger partial charge in [0.2, 0.25) is 5.91 Å². The molecule has 1 aliphatic rings. The van der Waals surface area contributed by atoms with E-state index in [1.165, 1.54) is 0 Å². The summed E-state index contributed by atoms with van der Waals surface area (Å²) in [6.45, 7) is 3.03. The molecule has 5 nitrogen and oxygen atoms in total. The minimum atomic E-state index is -0.120. The van der Waals surface area contributed by atoms with E-state index in [0.29, 0.717) is 25.4 Å². The van der Waals surface area contributed by atoms with Crippen LogP contribution < -0.4 is 14.8 Å². The van der Waals surface area contributed by atoms with E-state index in [0.717, 1.165) is 17.0 Å². The van der Waals surface area contributed by atoms with Gasteiger partial charge in [0.25, 0.3) is 0 Å². The van der Waals surface area contributed by atoms with Crippen molar-refractivity contribution in [3.8, 4) is 11.5 Å². The summed E-state index contributed by atoms with van der Waals surface area (Å²) in [7, 11) is 0. The predicted molar refractivity (Wildman–Crippen MR) is 81.9 cm³/mol. The lowest BCUT2D eigenvalue weighted by Crippen LogP contribution is -2.28. The summed E-state index contributed by atoms with van der Waals surface area (Å²) in [6.07, 6.45) is 2.02. The first kappa shape index (κ1) is 14.4. The summed E-state index contributed by atoms with van der Waals surface area (Å²) in [5, 5.41) is 2.95. The van der Waals surface area contributed by atoms with Crippen molar-refractivity contribution in [3.63, 3.8) is 0 Å². The number of nitrogens with one attached hydrogen (secondary N) is 1. The standard InChI is InChI=1S/C17H18N2O3/c1-12(14-4-2-3-7-18-14)19-17(20)11-13-5-6-15-16(10-13)22-9-8-21-15/h2-7,10,12H,8-9,11H2,1H3,(H,19,20)/t12-/m1/s1. The molecule has 0 aliphatic carbocycles. The van der Waals surface area contributed by atoms with E-state index in [2.05, 4.69) is 10.3 Å². The number of hydrogen-bond acceptors (Lipinski definition) is 4. The van der Waals surface area contributed by atoms with Gasteiger partial charge in [0.05, 0.1) is 18.2 Å². The molecule has 1 N–H and O–H groups in total. The molecule has 0 saturated carbocycles. The number of carbonyl (C=O) groups is 1. The fourth-order valence-electron chi connectivity index (χ4n) is 2.38. The zero-order valence-electron chi connectivity index (χ0n) is 12.4. The van der Waals surface area contributed by atoms with Crippen LogP contribution in [0.15, 0.2) is 42.6 Å². The maximum atomic E-state index is 12.2. The van der Waals surface area contributed by atoms with Gasteiger partial charge in [-0.05, 0) is 36.8 Å². The van der Waals surface area contributed by atoms with Gasteiger partial charge in [0.15, 0.2) is 11.5 Å². The highest BCUT2D eigenvalue weighted by Crippen LogP contribution is 2.30. The first-order valence-electron chi connectivity index (χ1n) is 7.31. The van der Waals surface area contributed by atoms with Gasteiger partial charge in [-0.1, -0.05) is 12.1 Å². The highest BCUT2D eigenvalue weighted by molar-refractivity contribution is 5.79. The van der Waals surface area contributed by atoms with Crippen molar-refractivity contribution in [1.82, 2.24) is 10.3 Å². The molecule has 114 valence electrons. The molecule has 2 heterocycles. The number of carbonyl (C=O) groups excluding carboxylic acids is 1. The molecule has 0 bridgehead atoms. The molecule has 5 heteroatoms. The zero-order valence-corrected chi connectivity index (χ0v) is 12.4. The van der Waals surface area contributed by atoms with Crippen LogP contribution in [0.4, 0.5) is 0 Å². The number of ether oxygens (including phenoxy) is 2. The van der Waals surface area contributed by atoms with Crippen molar-refractivity contribution in [2.45, 2.75) is 19.4 Å². The summed E-state index contributed by atoms with van der Waals surface area (Å²) in [4.78, 5) is 16.4. The van der Waals surface area contributed by atoms with E-state index < -0.39 is 0 Å². The molecule has 1 aromatic carbocycles. The average Bonchev–Trinajstić information content (AvgIpc) is 2.55. The van der Waals surface area contributed by atoms with E-state index >= 15 is 0 Å². The topological polar surface area (TPSA) is 60.5 Å². The molecule has 2 aromatic rings. The van der Waals surface area contributed by atoms with Gasteiger partial charge >= 0.3 is 0 Å². The average molecular weight is 298 g/mol. The second-order valence-corrected chi connectivity index (χ2v) is 5.20. The van der Waals surface area contributed by atoms with Crippen molar-refractivity contribution in [2.24, 2.45) is 0 Å². The second kappa shape index (κ2) is 6.47. The first-order valence-corrected chi connectivity index (χ1v) is 7.31. The smallest absolute Gasteiger partial charge is 0.224 e. The van der Waals surface area contributed by atoms with Crippen molar-refractivity contribution in [2.75, 3.05) is 13.2 Å². The number of rotatable bonds is 4. The van der Waals surface area contributed by atoms with Crippen molar-refractivity contribution < 1.29 is 14.3 Å². The van der Waals surface area contributed by atoms with Crippen LogP contribution >= 0.6 is 0 Å². The third-order valence-corrected chi connectivity index (χ3v) is 3.48. The van der Waals surface area contributed by atoms with E-state index in [9.17, 15) is 4.79 Å². The van der Waals surface area contributed by atoms with Crippen molar-refractivity contribution in [1.29, 1.82) is 0 Å². The van der Waals surface area contributed by atoms with Crippen LogP contribution in [0.2, 0.25) is 0 Å². The number of fused-ring (bicyclic) bond motifs is 1. The largest absolute Gasteiger partial charge is 0.486 e. The van der Waals surface area contributed by atoms with E-state index in [1.807, 2.05) is 43.3 Å². The van der Waals surface area contributed by atoms with Crippen LogP contribution in [0.5, 0.6) is 11.5 Å². The van der Waals surface area contributed by atoms with Crippen molar-refractivity contribution in [3.05, 3.63) is 53.9 Å². The fourth-order valence-corrected chi connectivity index (χ4v) is 2.38. The molecule has 0 spiro atoms. The van der Waals surface area contributed by atoms with Crippen LogP contribution in [0, 0.1) is 0 Å². The monoisotopic (exact) mass is 298 g/mol. The zero-order chi connectivity index (χ0) is 15.4. The second-order valence-electron chi connectivity index (χ2n) is 5.20. The Morgan fingerprint density at radius 2 is 2.05 bits per heavy atom. The Hall–Kier alpha value is -2.56. The minimum Gasteiger partial charge on any atom is -0.486 e.